The zero-order valence-corrected chi connectivity index (χ0v) is 24.8. The van der Waals surface area contributed by atoms with Gasteiger partial charge in [-0.25, -0.2) is 23.1 Å². The van der Waals surface area contributed by atoms with Gasteiger partial charge in [-0.15, -0.1) is 0 Å². The fourth-order valence-corrected chi connectivity index (χ4v) is 7.68. The van der Waals surface area contributed by atoms with E-state index in [2.05, 4.69) is 29.8 Å². The summed E-state index contributed by atoms with van der Waals surface area (Å²) in [5.41, 5.74) is 4.32. The minimum Gasteiger partial charge on any atom is -0.461 e. The summed E-state index contributed by atoms with van der Waals surface area (Å²) in [5, 5.41) is 0.286. The first-order valence-corrected chi connectivity index (χ1v) is 15.4. The second-order valence-electron chi connectivity index (χ2n) is 11.9. The van der Waals surface area contributed by atoms with Crippen LogP contribution in [0.5, 0.6) is 6.01 Å². The quantitative estimate of drug-likeness (QED) is 0.249. The van der Waals surface area contributed by atoms with Gasteiger partial charge in [0.1, 0.15) is 41.4 Å². The SMILES string of the molecule is Nc1nc2c(-c3ncc4c(N5CCn6cc(C(F)(F)F)nc6C5)nc(OC[C@]56CCCN5C[C@@H](F)C6)nc4c3F)ccc(F)c2s1. The van der Waals surface area contributed by atoms with E-state index in [1.165, 1.54) is 22.9 Å². The Bertz CT molecular complexity index is 2020. The van der Waals surface area contributed by atoms with Gasteiger partial charge in [0.2, 0.25) is 0 Å². The maximum atomic E-state index is 16.5. The van der Waals surface area contributed by atoms with Crippen LogP contribution in [0, 0.1) is 11.6 Å². The summed E-state index contributed by atoms with van der Waals surface area (Å²) in [5.74, 6) is -1.06. The number of nitrogens with zero attached hydrogens (tertiary/aromatic N) is 8. The van der Waals surface area contributed by atoms with E-state index in [0.717, 1.165) is 36.9 Å². The van der Waals surface area contributed by atoms with Crippen molar-refractivity contribution in [3.05, 3.63) is 47.7 Å². The number of anilines is 2. The molecule has 2 N–H and O–H groups in total. The second-order valence-corrected chi connectivity index (χ2v) is 12.9. The fraction of sp³-hybridized carbons (Fsp3) is 0.414. The molecule has 2 atom stereocenters. The lowest BCUT2D eigenvalue weighted by Crippen LogP contribution is -2.43. The number of nitrogen functional groups attached to an aromatic ring is 1. The van der Waals surface area contributed by atoms with Crippen LogP contribution in [0.2, 0.25) is 0 Å². The molecule has 1 aromatic carbocycles. The van der Waals surface area contributed by atoms with Crippen LogP contribution in [-0.2, 0) is 19.3 Å². The zero-order valence-electron chi connectivity index (χ0n) is 24.0. The van der Waals surface area contributed by atoms with E-state index >= 15 is 4.39 Å². The fourth-order valence-electron chi connectivity index (χ4n) is 6.92. The van der Waals surface area contributed by atoms with Crippen molar-refractivity contribution in [2.24, 2.45) is 0 Å². The van der Waals surface area contributed by atoms with Gasteiger partial charge < -0.3 is 19.9 Å². The van der Waals surface area contributed by atoms with Crippen LogP contribution in [-0.4, -0.2) is 72.3 Å². The monoisotopic (exact) mass is 661 g/mol. The Morgan fingerprint density at radius 2 is 1.91 bits per heavy atom. The molecule has 0 spiro atoms. The van der Waals surface area contributed by atoms with Gasteiger partial charge in [-0.1, -0.05) is 11.3 Å². The largest absolute Gasteiger partial charge is 0.461 e. The molecule has 3 aliphatic heterocycles. The van der Waals surface area contributed by atoms with Crippen LogP contribution in [0.4, 0.5) is 37.3 Å². The third-order valence-corrected chi connectivity index (χ3v) is 9.93. The van der Waals surface area contributed by atoms with E-state index in [1.54, 1.807) is 4.90 Å². The average Bonchev–Trinajstić information content (AvgIpc) is 3.78. The van der Waals surface area contributed by atoms with Crippen molar-refractivity contribution in [2.45, 2.75) is 50.2 Å². The molecule has 3 aliphatic rings. The lowest BCUT2D eigenvalue weighted by atomic mass is 9.95. The third-order valence-electron chi connectivity index (χ3n) is 9.03. The number of hydrogen-bond donors (Lipinski definition) is 1. The Balaban J connectivity index is 1.23. The number of ether oxygens (including phenoxy) is 1. The zero-order chi connectivity index (χ0) is 32.0. The number of thiazole rings is 1. The first-order valence-electron chi connectivity index (χ1n) is 14.6. The molecule has 2 saturated heterocycles. The highest BCUT2D eigenvalue weighted by atomic mass is 32.1. The Hall–Kier alpha value is -4.25. The van der Waals surface area contributed by atoms with Gasteiger partial charge in [0.15, 0.2) is 16.6 Å². The van der Waals surface area contributed by atoms with Crippen LogP contribution in [0.15, 0.2) is 24.5 Å². The van der Waals surface area contributed by atoms with Gasteiger partial charge in [-0.2, -0.15) is 23.1 Å². The molecule has 0 aliphatic carbocycles. The number of pyridine rings is 1. The molecule has 4 aromatic heterocycles. The van der Waals surface area contributed by atoms with Crippen LogP contribution >= 0.6 is 11.3 Å². The number of fused-ring (bicyclic) bond motifs is 4. The predicted octanol–water partition coefficient (Wildman–Crippen LogP) is 5.35. The molecule has 7 heterocycles. The van der Waals surface area contributed by atoms with Gasteiger partial charge in [0.05, 0.1) is 27.7 Å². The Morgan fingerprint density at radius 1 is 1.07 bits per heavy atom. The minimum absolute atomic E-state index is 0.0526. The molecule has 0 bridgehead atoms. The summed E-state index contributed by atoms with van der Waals surface area (Å²) in [7, 11) is 0. The second kappa shape index (κ2) is 10.4. The van der Waals surface area contributed by atoms with Crippen molar-refractivity contribution < 1.29 is 31.1 Å². The molecule has 0 saturated carbocycles. The Morgan fingerprint density at radius 3 is 2.74 bits per heavy atom. The normalized spacial score (nSPS) is 21.8. The van der Waals surface area contributed by atoms with E-state index in [9.17, 15) is 22.0 Å². The van der Waals surface area contributed by atoms with Gasteiger partial charge in [0.25, 0.3) is 0 Å². The van der Waals surface area contributed by atoms with Gasteiger partial charge >= 0.3 is 12.2 Å². The van der Waals surface area contributed by atoms with Crippen LogP contribution in [0.25, 0.3) is 32.4 Å². The molecule has 10 nitrogen and oxygen atoms in total. The van der Waals surface area contributed by atoms with E-state index < -0.39 is 35.2 Å². The third kappa shape index (κ3) is 4.70. The molecule has 5 aromatic rings. The molecular weight excluding hydrogens is 636 g/mol. The summed E-state index contributed by atoms with van der Waals surface area (Å²) in [4.78, 5) is 25.1. The first kappa shape index (κ1) is 29.2. The number of benzene rings is 1. The van der Waals surface area contributed by atoms with E-state index in [0.29, 0.717) is 13.0 Å². The van der Waals surface area contributed by atoms with Crippen LogP contribution in [0.3, 0.4) is 0 Å². The topological polar surface area (TPSA) is 111 Å². The molecule has 2 fully saturated rings. The highest BCUT2D eigenvalue weighted by Crippen LogP contribution is 2.42. The highest BCUT2D eigenvalue weighted by molar-refractivity contribution is 7.22. The summed E-state index contributed by atoms with van der Waals surface area (Å²) in [6.45, 7) is 1.47. The van der Waals surface area contributed by atoms with Crippen molar-refractivity contribution in [1.82, 2.24) is 34.4 Å². The van der Waals surface area contributed by atoms with E-state index in [1.807, 2.05) is 0 Å². The Labute approximate surface area is 260 Å². The van der Waals surface area contributed by atoms with Crippen molar-refractivity contribution in [3.63, 3.8) is 0 Å². The number of halogens is 6. The van der Waals surface area contributed by atoms with E-state index in [4.69, 9.17) is 10.5 Å². The lowest BCUT2D eigenvalue weighted by Gasteiger charge is -2.31. The molecular formula is C29H25F6N9OS. The van der Waals surface area contributed by atoms with Gasteiger partial charge in [-0.05, 0) is 31.5 Å². The van der Waals surface area contributed by atoms with Gasteiger partial charge in [0, 0.05) is 44.0 Å². The summed E-state index contributed by atoms with van der Waals surface area (Å²) < 4.78 is 93.3. The maximum Gasteiger partial charge on any atom is 0.434 e. The molecule has 0 radical (unpaired) electrons. The number of imidazole rings is 1. The molecule has 17 heteroatoms. The molecule has 46 heavy (non-hydrogen) atoms. The standard InChI is InChI=1S/C29H25F6N9OS/c30-14-8-28(4-1-5-44(28)10-14)13-45-27-40-22-16(25(41-27)43-7-6-42-11-18(29(33,34)35)38-19(42)12-43)9-37-21(20(22)32)15-2-3-17(31)24-23(15)39-26(36)46-24/h2-3,9,11,14H,1,4-8,10,12-13H2,(H2,36,39)/t14-,28+/m0/s1. The smallest absolute Gasteiger partial charge is 0.434 e. The number of alkyl halides is 4. The van der Waals surface area contributed by atoms with Crippen molar-refractivity contribution >= 4 is 43.4 Å². The summed E-state index contributed by atoms with van der Waals surface area (Å²) in [6.07, 6.45) is -1.36. The Kier molecular flexibility index (Phi) is 6.58. The number of hydrogen-bond acceptors (Lipinski definition) is 10. The molecule has 0 amide bonds. The lowest BCUT2D eigenvalue weighted by molar-refractivity contribution is -0.141. The first-order chi connectivity index (χ1) is 22.0. The van der Waals surface area contributed by atoms with Gasteiger partial charge in [-0.3, -0.25) is 9.88 Å². The molecule has 240 valence electrons. The number of aromatic nitrogens is 6. The number of rotatable bonds is 5. The van der Waals surface area contributed by atoms with Crippen LogP contribution in [0.1, 0.15) is 30.8 Å². The average molecular weight is 662 g/mol. The minimum atomic E-state index is -4.61. The highest BCUT2D eigenvalue weighted by Gasteiger charge is 2.49. The molecule has 8 rings (SSSR count). The summed E-state index contributed by atoms with van der Waals surface area (Å²) in [6, 6.07) is 2.37. The van der Waals surface area contributed by atoms with E-state index in [-0.39, 0.29) is 81.4 Å². The molecule has 0 unspecified atom stereocenters. The number of nitrogens with two attached hydrogens (primary N) is 1. The summed E-state index contributed by atoms with van der Waals surface area (Å²) >= 11 is 0.924. The van der Waals surface area contributed by atoms with Crippen molar-refractivity contribution in [2.75, 3.05) is 36.9 Å². The predicted molar refractivity (Wildman–Crippen MR) is 157 cm³/mol. The van der Waals surface area contributed by atoms with Crippen LogP contribution < -0.4 is 15.4 Å². The van der Waals surface area contributed by atoms with Crippen molar-refractivity contribution in [3.8, 4) is 17.3 Å². The van der Waals surface area contributed by atoms with Crippen molar-refractivity contribution in [1.29, 1.82) is 0 Å². The maximum absolute atomic E-state index is 16.5.